The molecule has 0 radical (unpaired) electrons. The predicted molar refractivity (Wildman–Crippen MR) is 73.7 cm³/mol. The van der Waals surface area contributed by atoms with Crippen LogP contribution < -0.4 is 5.32 Å². The Morgan fingerprint density at radius 2 is 2.22 bits per heavy atom. The van der Waals surface area contributed by atoms with Crippen LogP contribution in [-0.4, -0.2) is 26.3 Å². The van der Waals surface area contributed by atoms with Crippen molar-refractivity contribution >= 4 is 11.6 Å². The molecule has 0 amide bonds. The molecule has 1 aromatic rings. The lowest BCUT2D eigenvalue weighted by Gasteiger charge is -2.18. The van der Waals surface area contributed by atoms with Gasteiger partial charge in [-0.25, -0.2) is 4.39 Å². The zero-order valence-corrected chi connectivity index (χ0v) is 11.8. The average Bonchev–Trinajstić information content (AvgIpc) is 2.35. The van der Waals surface area contributed by atoms with Crippen LogP contribution in [0.3, 0.4) is 0 Å². The molecule has 0 saturated carbocycles. The minimum atomic E-state index is -0.346. The van der Waals surface area contributed by atoms with Crippen LogP contribution in [0.5, 0.6) is 0 Å². The van der Waals surface area contributed by atoms with E-state index in [2.05, 4.69) is 12.2 Å². The van der Waals surface area contributed by atoms with E-state index in [1.54, 1.807) is 13.2 Å². The van der Waals surface area contributed by atoms with Gasteiger partial charge in [-0.3, -0.25) is 0 Å². The van der Waals surface area contributed by atoms with Gasteiger partial charge in [0.2, 0.25) is 0 Å². The maximum atomic E-state index is 13.3. The minimum Gasteiger partial charge on any atom is -0.385 e. The number of halogens is 2. The molecule has 102 valence electrons. The molecule has 0 aliphatic rings. The lowest BCUT2D eigenvalue weighted by Crippen LogP contribution is -2.31. The van der Waals surface area contributed by atoms with Gasteiger partial charge in [0.05, 0.1) is 5.02 Å². The van der Waals surface area contributed by atoms with Crippen molar-refractivity contribution in [2.24, 2.45) is 0 Å². The van der Waals surface area contributed by atoms with Gasteiger partial charge in [0.1, 0.15) is 5.82 Å². The molecule has 1 aromatic carbocycles. The Morgan fingerprint density at radius 1 is 1.44 bits per heavy atom. The van der Waals surface area contributed by atoms with Gasteiger partial charge in [-0.2, -0.15) is 0 Å². The lowest BCUT2D eigenvalue weighted by atomic mass is 10.0. The van der Waals surface area contributed by atoms with Gasteiger partial charge in [0.15, 0.2) is 0 Å². The highest BCUT2D eigenvalue weighted by Crippen LogP contribution is 2.21. The van der Waals surface area contributed by atoms with Gasteiger partial charge >= 0.3 is 0 Å². The number of hydrogen-bond donors (Lipinski definition) is 1. The first-order valence-electron chi connectivity index (χ1n) is 6.34. The summed E-state index contributed by atoms with van der Waals surface area (Å²) in [5.74, 6) is -0.346. The molecule has 1 atom stereocenters. The Hall–Kier alpha value is -0.640. The number of likely N-dealkylation sites (N-methyl/N-ethyl adjacent to an activating group) is 1. The first-order valence-corrected chi connectivity index (χ1v) is 6.72. The fraction of sp³-hybridized carbons (Fsp3) is 0.571. The fourth-order valence-electron chi connectivity index (χ4n) is 2.01. The van der Waals surface area contributed by atoms with Crippen molar-refractivity contribution in [1.29, 1.82) is 0 Å². The van der Waals surface area contributed by atoms with Gasteiger partial charge in [0, 0.05) is 19.8 Å². The summed E-state index contributed by atoms with van der Waals surface area (Å²) in [6, 6.07) is 5.28. The third-order valence-electron chi connectivity index (χ3n) is 2.89. The SMILES string of the molecule is CCNC(CCCOC)Cc1cccc(F)c1Cl. The molecule has 2 nitrogen and oxygen atoms in total. The number of methoxy groups -OCH3 is 1. The summed E-state index contributed by atoms with van der Waals surface area (Å²) < 4.78 is 18.4. The van der Waals surface area contributed by atoms with E-state index >= 15 is 0 Å². The smallest absolute Gasteiger partial charge is 0.142 e. The molecule has 0 aromatic heterocycles. The number of benzene rings is 1. The van der Waals surface area contributed by atoms with Crippen molar-refractivity contribution in [1.82, 2.24) is 5.32 Å². The van der Waals surface area contributed by atoms with Gasteiger partial charge in [0.25, 0.3) is 0 Å². The van der Waals surface area contributed by atoms with E-state index < -0.39 is 0 Å². The molecule has 0 spiro atoms. The first kappa shape index (κ1) is 15.4. The minimum absolute atomic E-state index is 0.243. The summed E-state index contributed by atoms with van der Waals surface area (Å²) >= 11 is 5.97. The Kier molecular flexibility index (Phi) is 7.25. The summed E-state index contributed by atoms with van der Waals surface area (Å²) in [7, 11) is 1.70. The Morgan fingerprint density at radius 3 is 2.89 bits per heavy atom. The van der Waals surface area contributed by atoms with E-state index in [0.717, 1.165) is 38.0 Å². The molecule has 0 aliphatic carbocycles. The van der Waals surface area contributed by atoms with Crippen LogP contribution in [0.15, 0.2) is 18.2 Å². The maximum Gasteiger partial charge on any atom is 0.142 e. The van der Waals surface area contributed by atoms with Crippen molar-refractivity contribution in [3.8, 4) is 0 Å². The molecule has 0 fully saturated rings. The second kappa shape index (κ2) is 8.46. The monoisotopic (exact) mass is 273 g/mol. The normalized spacial score (nSPS) is 12.7. The molecular formula is C14H21ClFNO. The maximum absolute atomic E-state index is 13.3. The predicted octanol–water partition coefficient (Wildman–Crippen LogP) is 3.43. The fourth-order valence-corrected chi connectivity index (χ4v) is 2.21. The topological polar surface area (TPSA) is 21.3 Å². The highest BCUT2D eigenvalue weighted by molar-refractivity contribution is 6.31. The highest BCUT2D eigenvalue weighted by Gasteiger charge is 2.12. The summed E-state index contributed by atoms with van der Waals surface area (Å²) in [6.07, 6.45) is 2.73. The summed E-state index contributed by atoms with van der Waals surface area (Å²) in [6.45, 7) is 3.71. The summed E-state index contributed by atoms with van der Waals surface area (Å²) in [4.78, 5) is 0. The average molecular weight is 274 g/mol. The second-order valence-corrected chi connectivity index (χ2v) is 4.68. The van der Waals surface area contributed by atoms with E-state index in [4.69, 9.17) is 16.3 Å². The summed E-state index contributed by atoms with van der Waals surface area (Å²) in [5, 5.41) is 3.64. The van der Waals surface area contributed by atoms with E-state index in [9.17, 15) is 4.39 Å². The zero-order valence-electron chi connectivity index (χ0n) is 11.0. The second-order valence-electron chi connectivity index (χ2n) is 4.31. The van der Waals surface area contributed by atoms with Crippen molar-refractivity contribution in [3.63, 3.8) is 0 Å². The quantitative estimate of drug-likeness (QED) is 0.733. The molecule has 0 heterocycles. The highest BCUT2D eigenvalue weighted by atomic mass is 35.5. The molecule has 1 rings (SSSR count). The molecule has 0 saturated heterocycles. The van der Waals surface area contributed by atoms with Gasteiger partial charge in [-0.15, -0.1) is 0 Å². The standard InChI is InChI=1S/C14H21ClFNO/c1-3-17-12(7-5-9-18-2)10-11-6-4-8-13(16)14(11)15/h4,6,8,12,17H,3,5,7,9-10H2,1-2H3. The summed E-state index contributed by atoms with van der Waals surface area (Å²) in [5.41, 5.74) is 0.861. The van der Waals surface area contributed by atoms with Gasteiger partial charge in [-0.1, -0.05) is 30.7 Å². The van der Waals surface area contributed by atoms with Crippen LogP contribution in [0.1, 0.15) is 25.3 Å². The van der Waals surface area contributed by atoms with Crippen molar-refractivity contribution in [2.75, 3.05) is 20.3 Å². The Labute approximate surface area is 113 Å². The molecule has 1 unspecified atom stereocenters. The van der Waals surface area contributed by atoms with Crippen molar-refractivity contribution in [2.45, 2.75) is 32.2 Å². The molecule has 4 heteroatoms. The van der Waals surface area contributed by atoms with E-state index in [0.29, 0.717) is 6.04 Å². The lowest BCUT2D eigenvalue weighted by molar-refractivity contribution is 0.188. The largest absolute Gasteiger partial charge is 0.385 e. The van der Waals surface area contributed by atoms with Crippen LogP contribution in [0.4, 0.5) is 4.39 Å². The number of rotatable bonds is 8. The van der Waals surface area contributed by atoms with Crippen LogP contribution in [0.25, 0.3) is 0 Å². The van der Waals surface area contributed by atoms with Crippen LogP contribution >= 0.6 is 11.6 Å². The van der Waals surface area contributed by atoms with Crippen molar-refractivity contribution in [3.05, 3.63) is 34.6 Å². The number of hydrogen-bond acceptors (Lipinski definition) is 2. The van der Waals surface area contributed by atoms with E-state index in [1.165, 1.54) is 6.07 Å². The molecule has 0 aliphatic heterocycles. The van der Waals surface area contributed by atoms with Crippen LogP contribution in [0.2, 0.25) is 5.02 Å². The van der Waals surface area contributed by atoms with Crippen LogP contribution in [0, 0.1) is 5.82 Å². The molecule has 1 N–H and O–H groups in total. The van der Waals surface area contributed by atoms with E-state index in [-0.39, 0.29) is 10.8 Å². The Balaban J connectivity index is 2.61. The zero-order chi connectivity index (χ0) is 13.4. The third kappa shape index (κ3) is 4.92. The Bertz CT molecular complexity index is 360. The molecule has 0 bridgehead atoms. The number of ether oxygens (including phenoxy) is 1. The van der Waals surface area contributed by atoms with Crippen LogP contribution in [-0.2, 0) is 11.2 Å². The van der Waals surface area contributed by atoms with Crippen molar-refractivity contribution < 1.29 is 9.13 Å². The van der Waals surface area contributed by atoms with E-state index in [1.807, 2.05) is 6.07 Å². The molecule has 18 heavy (non-hydrogen) atoms. The van der Waals surface area contributed by atoms with Gasteiger partial charge < -0.3 is 10.1 Å². The third-order valence-corrected chi connectivity index (χ3v) is 3.32. The number of nitrogens with one attached hydrogen (secondary N) is 1. The first-order chi connectivity index (χ1) is 8.69. The van der Waals surface area contributed by atoms with Gasteiger partial charge in [-0.05, 0) is 37.4 Å². The molecular weight excluding hydrogens is 253 g/mol.